The minimum atomic E-state index is -3.41. The average Bonchev–Trinajstić information content (AvgIpc) is 2.92. The molecule has 0 fully saturated rings. The molecule has 3 aromatic rings. The first-order chi connectivity index (χ1) is 19.0. The molecule has 0 saturated carbocycles. The molecular formula is C30H35N3O6S. The van der Waals surface area contributed by atoms with Gasteiger partial charge in [-0.15, -0.1) is 0 Å². The van der Waals surface area contributed by atoms with E-state index in [4.69, 9.17) is 14.9 Å². The Morgan fingerprint density at radius 1 is 0.975 bits per heavy atom. The summed E-state index contributed by atoms with van der Waals surface area (Å²) in [7, 11) is -3.41. The molecule has 0 spiro atoms. The van der Waals surface area contributed by atoms with Gasteiger partial charge >= 0.3 is 6.09 Å². The molecule has 3 aromatic carbocycles. The van der Waals surface area contributed by atoms with Crippen molar-refractivity contribution in [2.45, 2.75) is 44.6 Å². The van der Waals surface area contributed by atoms with Gasteiger partial charge in [0.1, 0.15) is 11.6 Å². The molecule has 0 aliphatic rings. The highest BCUT2D eigenvalue weighted by molar-refractivity contribution is 7.90. The minimum Gasteiger partial charge on any atom is -0.481 e. The number of rotatable bonds is 11. The predicted octanol–water partition coefficient (Wildman–Crippen LogP) is 5.65. The third-order valence-electron chi connectivity index (χ3n) is 5.77. The lowest BCUT2D eigenvalue weighted by Gasteiger charge is -2.19. The van der Waals surface area contributed by atoms with Crippen LogP contribution < -0.4 is 15.4 Å². The highest BCUT2D eigenvalue weighted by Gasteiger charge is 2.21. The number of hydrogen-bond acceptors (Lipinski definition) is 7. The lowest BCUT2D eigenvalue weighted by molar-refractivity contribution is -0.123. The van der Waals surface area contributed by atoms with Crippen LogP contribution in [0.1, 0.15) is 39.2 Å². The number of ether oxygens (including phenoxy) is 2. The van der Waals surface area contributed by atoms with Gasteiger partial charge in [-0.25, -0.2) is 13.2 Å². The SMILES string of the molecule is CCCC(Oc1cccc(C(=N)NC(=O)OCC(C)C)c1)C(=O)Nc1ccc(-c2ccccc2S(C)(=O)=O)cc1. The number of carbonyl (C=O) groups is 2. The van der Waals surface area contributed by atoms with Gasteiger partial charge in [0.15, 0.2) is 15.9 Å². The highest BCUT2D eigenvalue weighted by atomic mass is 32.2. The summed E-state index contributed by atoms with van der Waals surface area (Å²) in [5.41, 5.74) is 2.24. The van der Waals surface area contributed by atoms with E-state index in [1.54, 1.807) is 72.8 Å². The quantitative estimate of drug-likeness (QED) is 0.203. The number of sulfone groups is 1. The van der Waals surface area contributed by atoms with Crippen LogP contribution in [0.4, 0.5) is 10.5 Å². The molecule has 0 aliphatic carbocycles. The Balaban J connectivity index is 1.69. The average molecular weight is 566 g/mol. The number of anilines is 1. The molecular weight excluding hydrogens is 530 g/mol. The van der Waals surface area contributed by atoms with E-state index in [9.17, 15) is 18.0 Å². The zero-order valence-corrected chi connectivity index (χ0v) is 23.9. The fourth-order valence-corrected chi connectivity index (χ4v) is 4.74. The maximum absolute atomic E-state index is 13.1. The first-order valence-electron chi connectivity index (χ1n) is 13.0. The molecule has 40 heavy (non-hydrogen) atoms. The van der Waals surface area contributed by atoms with E-state index in [0.29, 0.717) is 41.0 Å². The summed E-state index contributed by atoms with van der Waals surface area (Å²) in [6.45, 7) is 6.01. The van der Waals surface area contributed by atoms with Gasteiger partial charge in [-0.2, -0.15) is 0 Å². The van der Waals surface area contributed by atoms with Crippen molar-refractivity contribution in [1.29, 1.82) is 5.41 Å². The minimum absolute atomic E-state index is 0.145. The Morgan fingerprint density at radius 3 is 2.33 bits per heavy atom. The molecule has 0 heterocycles. The summed E-state index contributed by atoms with van der Waals surface area (Å²) in [6, 6.07) is 20.3. The van der Waals surface area contributed by atoms with Crippen LogP contribution in [-0.2, 0) is 19.4 Å². The lowest BCUT2D eigenvalue weighted by atomic mass is 10.1. The van der Waals surface area contributed by atoms with Crippen molar-refractivity contribution in [2.75, 3.05) is 18.2 Å². The number of benzene rings is 3. The van der Waals surface area contributed by atoms with E-state index >= 15 is 0 Å². The molecule has 9 nitrogen and oxygen atoms in total. The topological polar surface area (TPSA) is 135 Å². The lowest BCUT2D eigenvalue weighted by Crippen LogP contribution is -2.33. The standard InChI is InChI=1S/C30H35N3O6S/c1-5-9-26(39-24-11-8-10-22(18-24)28(31)33-30(35)38-19-20(2)3)29(34)32-23-16-14-21(15-17-23)25-12-6-7-13-27(25)40(4,36)37/h6-8,10-18,20,26H,5,9,19H2,1-4H3,(H,32,34)(H2,31,33,35). The molecule has 3 rings (SSSR count). The zero-order valence-electron chi connectivity index (χ0n) is 23.1. The molecule has 0 saturated heterocycles. The molecule has 2 amide bonds. The molecule has 212 valence electrons. The third-order valence-corrected chi connectivity index (χ3v) is 6.92. The Hall–Kier alpha value is -4.18. The first-order valence-corrected chi connectivity index (χ1v) is 14.9. The van der Waals surface area contributed by atoms with Crippen molar-refractivity contribution in [3.05, 3.63) is 78.4 Å². The molecule has 0 bridgehead atoms. The van der Waals surface area contributed by atoms with Gasteiger partial charge in [0.05, 0.1) is 11.5 Å². The van der Waals surface area contributed by atoms with Crippen LogP contribution in [0.2, 0.25) is 0 Å². The highest BCUT2D eigenvalue weighted by Crippen LogP contribution is 2.28. The van der Waals surface area contributed by atoms with Gasteiger partial charge < -0.3 is 14.8 Å². The number of alkyl carbamates (subject to hydrolysis) is 1. The molecule has 0 radical (unpaired) electrons. The van der Waals surface area contributed by atoms with Crippen LogP contribution in [0.15, 0.2) is 77.7 Å². The Labute approximate surface area is 235 Å². The molecule has 3 N–H and O–H groups in total. The van der Waals surface area contributed by atoms with Crippen LogP contribution in [0.25, 0.3) is 11.1 Å². The van der Waals surface area contributed by atoms with Crippen molar-refractivity contribution in [2.24, 2.45) is 5.92 Å². The van der Waals surface area contributed by atoms with E-state index in [1.165, 1.54) is 6.26 Å². The summed E-state index contributed by atoms with van der Waals surface area (Å²) in [4.78, 5) is 25.3. The second-order valence-corrected chi connectivity index (χ2v) is 11.7. The second-order valence-electron chi connectivity index (χ2n) is 9.75. The normalized spacial score (nSPS) is 11.9. The van der Waals surface area contributed by atoms with Crippen molar-refractivity contribution < 1.29 is 27.5 Å². The third kappa shape index (κ3) is 8.67. The fraction of sp³-hybridized carbons (Fsp3) is 0.300. The summed E-state index contributed by atoms with van der Waals surface area (Å²) in [5, 5.41) is 13.4. The fourth-order valence-electron chi connectivity index (χ4n) is 3.83. The Morgan fingerprint density at radius 2 is 1.68 bits per heavy atom. The Kier molecular flexibility index (Phi) is 10.4. The number of amides is 2. The summed E-state index contributed by atoms with van der Waals surface area (Å²) >= 11 is 0. The van der Waals surface area contributed by atoms with Crippen LogP contribution in [-0.4, -0.2) is 45.2 Å². The van der Waals surface area contributed by atoms with Gasteiger partial charge in [0.25, 0.3) is 5.91 Å². The van der Waals surface area contributed by atoms with Gasteiger partial charge in [-0.3, -0.25) is 15.5 Å². The van der Waals surface area contributed by atoms with E-state index in [2.05, 4.69) is 10.6 Å². The smallest absolute Gasteiger partial charge is 0.412 e. The van der Waals surface area contributed by atoms with Crippen molar-refractivity contribution >= 4 is 33.4 Å². The van der Waals surface area contributed by atoms with E-state index in [-0.39, 0.29) is 29.2 Å². The second kappa shape index (κ2) is 13.7. The maximum Gasteiger partial charge on any atom is 0.412 e. The zero-order chi connectivity index (χ0) is 29.3. The monoisotopic (exact) mass is 565 g/mol. The van der Waals surface area contributed by atoms with Crippen LogP contribution >= 0.6 is 0 Å². The molecule has 1 unspecified atom stereocenters. The van der Waals surface area contributed by atoms with Gasteiger partial charge in [-0.1, -0.05) is 69.7 Å². The van der Waals surface area contributed by atoms with E-state index < -0.39 is 22.0 Å². The van der Waals surface area contributed by atoms with Crippen molar-refractivity contribution in [3.8, 4) is 16.9 Å². The first kappa shape index (κ1) is 30.4. The number of nitrogens with one attached hydrogen (secondary N) is 3. The number of carbonyl (C=O) groups excluding carboxylic acids is 2. The molecule has 1 atom stereocenters. The Bertz CT molecular complexity index is 1450. The van der Waals surface area contributed by atoms with E-state index in [1.807, 2.05) is 20.8 Å². The maximum atomic E-state index is 13.1. The predicted molar refractivity (Wildman–Crippen MR) is 156 cm³/mol. The molecule has 10 heteroatoms. The van der Waals surface area contributed by atoms with Crippen LogP contribution in [0.3, 0.4) is 0 Å². The van der Waals surface area contributed by atoms with Crippen LogP contribution in [0.5, 0.6) is 5.75 Å². The summed E-state index contributed by atoms with van der Waals surface area (Å²) in [5.74, 6) is 0.0593. The van der Waals surface area contributed by atoms with Crippen LogP contribution in [0, 0.1) is 11.3 Å². The molecule has 0 aliphatic heterocycles. The van der Waals surface area contributed by atoms with Gasteiger partial charge in [0, 0.05) is 23.1 Å². The summed E-state index contributed by atoms with van der Waals surface area (Å²) < 4.78 is 35.4. The largest absolute Gasteiger partial charge is 0.481 e. The van der Waals surface area contributed by atoms with Crippen molar-refractivity contribution in [1.82, 2.24) is 5.32 Å². The van der Waals surface area contributed by atoms with Crippen molar-refractivity contribution in [3.63, 3.8) is 0 Å². The summed E-state index contributed by atoms with van der Waals surface area (Å²) in [6.07, 6.45) is 0.805. The van der Waals surface area contributed by atoms with E-state index in [0.717, 1.165) is 0 Å². The van der Waals surface area contributed by atoms with Gasteiger partial charge in [-0.05, 0) is 48.2 Å². The molecule has 0 aromatic heterocycles. The number of amidine groups is 1. The van der Waals surface area contributed by atoms with Gasteiger partial charge in [0.2, 0.25) is 0 Å². The number of hydrogen-bond donors (Lipinski definition) is 3.